The van der Waals surface area contributed by atoms with Gasteiger partial charge in [-0.1, -0.05) is 189 Å². The van der Waals surface area contributed by atoms with Gasteiger partial charge in [0, 0.05) is 17.1 Å². The first kappa shape index (κ1) is 33.2. The van der Waals surface area contributed by atoms with Crippen LogP contribution in [0, 0.1) is 0 Å². The average Bonchev–Trinajstić information content (AvgIpc) is 3.24. The van der Waals surface area contributed by atoms with Crippen molar-refractivity contribution in [3.63, 3.8) is 0 Å². The Kier molecular flexibility index (Phi) is 9.46. The number of nitrogens with zero attached hydrogens (tertiary/aromatic N) is 1. The van der Waals surface area contributed by atoms with E-state index in [9.17, 15) is 0 Å². The molecule has 1 nitrogen and oxygen atoms in total. The van der Waals surface area contributed by atoms with Gasteiger partial charge < -0.3 is 4.90 Å². The second kappa shape index (κ2) is 15.1. The van der Waals surface area contributed by atoms with E-state index in [1.54, 1.807) is 6.08 Å². The maximum atomic E-state index is 4.58. The number of rotatable bonds is 10. The summed E-state index contributed by atoms with van der Waals surface area (Å²) < 4.78 is 0. The molecule has 0 unspecified atom stereocenters. The summed E-state index contributed by atoms with van der Waals surface area (Å²) in [5.74, 6) is 0. The zero-order valence-electron chi connectivity index (χ0n) is 29.6. The van der Waals surface area contributed by atoms with E-state index in [0.29, 0.717) is 0 Å². The third-order valence-corrected chi connectivity index (χ3v) is 9.80. The molecule has 252 valence electrons. The summed E-state index contributed by atoms with van der Waals surface area (Å²) in [5, 5.41) is 2.45. The molecule has 53 heavy (non-hydrogen) atoms. The molecule has 0 radical (unpaired) electrons. The minimum Gasteiger partial charge on any atom is -0.310 e. The Labute approximate surface area is 312 Å². The van der Waals surface area contributed by atoms with Crippen LogP contribution in [0.25, 0.3) is 60.9 Å². The quantitative estimate of drug-likeness (QED) is 0.130. The highest BCUT2D eigenvalue weighted by molar-refractivity contribution is 6.02. The van der Waals surface area contributed by atoms with Crippen LogP contribution in [0.4, 0.5) is 17.1 Å². The molecule has 0 N–H and O–H groups in total. The lowest BCUT2D eigenvalue weighted by atomic mass is 9.87. The molecule has 0 aliphatic carbocycles. The Morgan fingerprint density at radius 2 is 0.887 bits per heavy atom. The Balaban J connectivity index is 1.29. The summed E-state index contributed by atoms with van der Waals surface area (Å²) in [6.07, 6.45) is 5.80. The van der Waals surface area contributed by atoms with E-state index in [2.05, 4.69) is 212 Å². The van der Waals surface area contributed by atoms with E-state index < -0.39 is 0 Å². The van der Waals surface area contributed by atoms with Gasteiger partial charge in [-0.05, 0) is 103 Å². The Morgan fingerprint density at radius 1 is 0.415 bits per heavy atom. The summed E-state index contributed by atoms with van der Waals surface area (Å²) in [4.78, 5) is 2.33. The Morgan fingerprint density at radius 3 is 1.49 bits per heavy atom. The maximum Gasteiger partial charge on any atom is 0.0468 e. The van der Waals surface area contributed by atoms with Crippen molar-refractivity contribution in [3.05, 3.63) is 231 Å². The minimum atomic E-state index is 0.910. The summed E-state index contributed by atoms with van der Waals surface area (Å²) >= 11 is 0. The third kappa shape index (κ3) is 6.89. The number of fused-ring (bicyclic) bond motifs is 1. The fourth-order valence-electron chi connectivity index (χ4n) is 7.17. The predicted molar refractivity (Wildman–Crippen MR) is 229 cm³/mol. The van der Waals surface area contributed by atoms with E-state index in [1.165, 1.54) is 44.2 Å². The molecule has 0 aliphatic rings. The molecule has 8 aromatic carbocycles. The largest absolute Gasteiger partial charge is 0.310 e. The van der Waals surface area contributed by atoms with Crippen molar-refractivity contribution in [1.82, 2.24) is 0 Å². The minimum absolute atomic E-state index is 0.910. The standard InChI is InChI=1S/C52H39N/c1-3-4-16-38(2)52-37-46(35-36-51(52)50-25-14-13-24-49(50)48-26-15-22-43-21-11-12-23-47(43)48)53(44-31-27-41(28-32-44)39-17-7-5-8-18-39)45-33-29-42(30-34-45)40-19-9-6-10-20-40/h3-37H,1-2H2/b16-4-. The molecule has 8 rings (SSSR count). The topological polar surface area (TPSA) is 3.24 Å². The second-order valence-electron chi connectivity index (χ2n) is 13.1. The lowest BCUT2D eigenvalue weighted by Crippen LogP contribution is -2.10. The summed E-state index contributed by atoms with van der Waals surface area (Å²) in [6, 6.07) is 69.3. The molecular formula is C52H39N. The summed E-state index contributed by atoms with van der Waals surface area (Å²) in [6.45, 7) is 8.52. The summed E-state index contributed by atoms with van der Waals surface area (Å²) in [5.41, 5.74) is 14.6. The lowest BCUT2D eigenvalue weighted by molar-refractivity contribution is 1.28. The van der Waals surface area contributed by atoms with Crippen molar-refractivity contribution in [2.45, 2.75) is 0 Å². The van der Waals surface area contributed by atoms with Crippen molar-refractivity contribution in [1.29, 1.82) is 0 Å². The number of anilines is 3. The first-order chi connectivity index (χ1) is 26.2. The molecule has 0 saturated heterocycles. The maximum absolute atomic E-state index is 4.58. The van der Waals surface area contributed by atoms with E-state index in [4.69, 9.17) is 0 Å². The zero-order chi connectivity index (χ0) is 36.0. The van der Waals surface area contributed by atoms with Crippen LogP contribution in [0.5, 0.6) is 0 Å². The van der Waals surface area contributed by atoms with Crippen LogP contribution in [0.2, 0.25) is 0 Å². The molecule has 0 heterocycles. The molecule has 0 aliphatic heterocycles. The van der Waals surface area contributed by atoms with Gasteiger partial charge in [-0.3, -0.25) is 0 Å². The van der Waals surface area contributed by atoms with E-state index in [0.717, 1.165) is 39.3 Å². The fourth-order valence-corrected chi connectivity index (χ4v) is 7.17. The van der Waals surface area contributed by atoms with Gasteiger partial charge in [0.2, 0.25) is 0 Å². The Bertz CT molecular complexity index is 2470. The van der Waals surface area contributed by atoms with Crippen LogP contribution in [-0.4, -0.2) is 0 Å². The zero-order valence-corrected chi connectivity index (χ0v) is 29.6. The van der Waals surface area contributed by atoms with Gasteiger partial charge in [0.25, 0.3) is 0 Å². The van der Waals surface area contributed by atoms with Gasteiger partial charge in [-0.25, -0.2) is 0 Å². The van der Waals surface area contributed by atoms with Crippen molar-refractivity contribution >= 4 is 33.4 Å². The predicted octanol–water partition coefficient (Wildman–Crippen LogP) is 14.7. The average molecular weight is 678 g/mol. The highest BCUT2D eigenvalue weighted by atomic mass is 15.1. The van der Waals surface area contributed by atoms with Crippen LogP contribution >= 0.6 is 0 Å². The number of hydrogen-bond donors (Lipinski definition) is 0. The van der Waals surface area contributed by atoms with Gasteiger partial charge in [0.1, 0.15) is 0 Å². The van der Waals surface area contributed by atoms with Crippen LogP contribution in [-0.2, 0) is 0 Å². The Hall–Kier alpha value is -6.96. The normalized spacial score (nSPS) is 11.1. The molecule has 0 saturated carbocycles. The lowest BCUT2D eigenvalue weighted by Gasteiger charge is -2.27. The number of allylic oxidation sites excluding steroid dienone is 4. The third-order valence-electron chi connectivity index (χ3n) is 9.80. The molecule has 0 amide bonds. The smallest absolute Gasteiger partial charge is 0.0468 e. The van der Waals surface area contributed by atoms with Crippen molar-refractivity contribution in [2.24, 2.45) is 0 Å². The van der Waals surface area contributed by atoms with E-state index in [1.807, 2.05) is 12.2 Å². The molecule has 1 heteroatoms. The van der Waals surface area contributed by atoms with Gasteiger partial charge in [0.15, 0.2) is 0 Å². The van der Waals surface area contributed by atoms with Gasteiger partial charge in [0.05, 0.1) is 0 Å². The van der Waals surface area contributed by atoms with Crippen LogP contribution < -0.4 is 4.90 Å². The molecule has 0 aromatic heterocycles. The molecule has 0 atom stereocenters. The van der Waals surface area contributed by atoms with Crippen molar-refractivity contribution in [2.75, 3.05) is 4.90 Å². The van der Waals surface area contributed by atoms with Crippen LogP contribution in [0.15, 0.2) is 226 Å². The SMILES string of the molecule is C=C/C=C\C(=C)c1cc(N(c2ccc(-c3ccccc3)cc2)c2ccc(-c3ccccc3)cc2)ccc1-c1ccccc1-c1cccc2ccccc12. The highest BCUT2D eigenvalue weighted by Crippen LogP contribution is 2.43. The van der Waals surface area contributed by atoms with Crippen LogP contribution in [0.3, 0.4) is 0 Å². The number of benzene rings is 8. The van der Waals surface area contributed by atoms with Gasteiger partial charge in [-0.15, -0.1) is 0 Å². The van der Waals surface area contributed by atoms with Crippen molar-refractivity contribution < 1.29 is 0 Å². The molecule has 0 spiro atoms. The number of hydrogen-bond acceptors (Lipinski definition) is 1. The first-order valence-corrected chi connectivity index (χ1v) is 18.0. The summed E-state index contributed by atoms with van der Waals surface area (Å²) in [7, 11) is 0. The van der Waals surface area contributed by atoms with Gasteiger partial charge >= 0.3 is 0 Å². The van der Waals surface area contributed by atoms with E-state index >= 15 is 0 Å². The van der Waals surface area contributed by atoms with Crippen molar-refractivity contribution in [3.8, 4) is 44.5 Å². The fraction of sp³-hybridized carbons (Fsp3) is 0. The molecule has 0 fully saturated rings. The monoisotopic (exact) mass is 677 g/mol. The molecule has 8 aromatic rings. The van der Waals surface area contributed by atoms with E-state index in [-0.39, 0.29) is 0 Å². The van der Waals surface area contributed by atoms with Crippen LogP contribution in [0.1, 0.15) is 5.56 Å². The highest BCUT2D eigenvalue weighted by Gasteiger charge is 2.19. The molecule has 0 bridgehead atoms. The second-order valence-corrected chi connectivity index (χ2v) is 13.1. The molecular weight excluding hydrogens is 639 g/mol. The first-order valence-electron chi connectivity index (χ1n) is 18.0. The van der Waals surface area contributed by atoms with Gasteiger partial charge in [-0.2, -0.15) is 0 Å².